The van der Waals surface area contributed by atoms with E-state index in [1.165, 1.54) is 48.0 Å². The van der Waals surface area contributed by atoms with Gasteiger partial charge in [0.05, 0.1) is 11.8 Å². The third kappa shape index (κ3) is 3.97. The van der Waals surface area contributed by atoms with Crippen LogP contribution in [0.5, 0.6) is 5.88 Å². The van der Waals surface area contributed by atoms with Crippen LogP contribution in [0.25, 0.3) is 5.82 Å². The molecule has 0 saturated heterocycles. The average Bonchev–Trinajstić information content (AvgIpc) is 3.37. The van der Waals surface area contributed by atoms with E-state index in [1.54, 1.807) is 24.4 Å². The van der Waals surface area contributed by atoms with Gasteiger partial charge in [0, 0.05) is 12.3 Å². The quantitative estimate of drug-likeness (QED) is 0.682. The van der Waals surface area contributed by atoms with E-state index in [4.69, 9.17) is 4.74 Å². The first-order valence-electron chi connectivity index (χ1n) is 8.76. The lowest BCUT2D eigenvalue weighted by atomic mass is 10.0. The zero-order valence-electron chi connectivity index (χ0n) is 14.5. The molecule has 1 N–H and O–H groups in total. The number of nitrogens with zero attached hydrogens (tertiary/aromatic N) is 3. The van der Waals surface area contributed by atoms with Crippen molar-refractivity contribution in [2.24, 2.45) is 5.92 Å². The Balaban J connectivity index is 1.63. The van der Waals surface area contributed by atoms with Gasteiger partial charge in [-0.2, -0.15) is 9.78 Å². The second kappa shape index (κ2) is 7.19. The van der Waals surface area contributed by atoms with Crippen LogP contribution in [0.1, 0.15) is 41.3 Å². The monoisotopic (exact) mass is 367 g/mol. The van der Waals surface area contributed by atoms with Crippen LogP contribution in [0.3, 0.4) is 0 Å². The molecule has 138 valence electrons. The van der Waals surface area contributed by atoms with E-state index in [0.717, 1.165) is 12.0 Å². The standard InChI is InChI=1S/C20H18FN3O3/c21-16-5-3-14(4-6-16)17(11-13-1-2-13)27-19-8-10-23-24(19)18-12-15(20(25)26)7-9-22-18/h3-10,12-13,17H,1-2,11H2,(H,25,26)/t17-/m1/s1. The Bertz CT molecular complexity index is 951. The number of carboxylic acid groups (broad SMARTS) is 1. The molecule has 7 heteroatoms. The number of benzene rings is 1. The van der Waals surface area contributed by atoms with Crippen LogP contribution in [0.15, 0.2) is 54.9 Å². The molecule has 2 heterocycles. The highest BCUT2D eigenvalue weighted by molar-refractivity contribution is 5.87. The van der Waals surface area contributed by atoms with Crippen molar-refractivity contribution in [1.29, 1.82) is 0 Å². The lowest BCUT2D eigenvalue weighted by Crippen LogP contribution is -2.12. The fourth-order valence-electron chi connectivity index (χ4n) is 2.95. The second-order valence-electron chi connectivity index (χ2n) is 6.63. The van der Waals surface area contributed by atoms with Crippen molar-refractivity contribution in [2.75, 3.05) is 0 Å². The Labute approximate surface area is 155 Å². The van der Waals surface area contributed by atoms with Crippen LogP contribution >= 0.6 is 0 Å². The Morgan fingerprint density at radius 3 is 2.70 bits per heavy atom. The summed E-state index contributed by atoms with van der Waals surface area (Å²) in [5.41, 5.74) is 1.01. The molecule has 4 rings (SSSR count). The Kier molecular flexibility index (Phi) is 4.58. The first-order valence-corrected chi connectivity index (χ1v) is 8.76. The number of halogens is 1. The zero-order chi connectivity index (χ0) is 18.8. The van der Waals surface area contributed by atoms with Gasteiger partial charge in [-0.1, -0.05) is 25.0 Å². The minimum atomic E-state index is -1.04. The molecule has 1 atom stereocenters. The van der Waals surface area contributed by atoms with Crippen LogP contribution in [0.2, 0.25) is 0 Å². The second-order valence-corrected chi connectivity index (χ2v) is 6.63. The van der Waals surface area contributed by atoms with Crippen LogP contribution in [0.4, 0.5) is 4.39 Å². The van der Waals surface area contributed by atoms with Crippen molar-refractivity contribution < 1.29 is 19.0 Å². The summed E-state index contributed by atoms with van der Waals surface area (Å²) in [7, 11) is 0. The minimum Gasteiger partial charge on any atom is -0.478 e. The number of hydrogen-bond donors (Lipinski definition) is 1. The first kappa shape index (κ1) is 17.2. The van der Waals surface area contributed by atoms with Gasteiger partial charge in [0.15, 0.2) is 5.82 Å². The molecule has 1 saturated carbocycles. The van der Waals surface area contributed by atoms with Gasteiger partial charge in [0.25, 0.3) is 0 Å². The summed E-state index contributed by atoms with van der Waals surface area (Å²) in [4.78, 5) is 15.4. The molecule has 1 aliphatic carbocycles. The maximum Gasteiger partial charge on any atom is 0.335 e. The summed E-state index contributed by atoms with van der Waals surface area (Å²) in [5, 5.41) is 13.4. The Morgan fingerprint density at radius 2 is 2.00 bits per heavy atom. The third-order valence-corrected chi connectivity index (χ3v) is 4.57. The largest absolute Gasteiger partial charge is 0.478 e. The van der Waals surface area contributed by atoms with Gasteiger partial charge in [-0.05, 0) is 42.2 Å². The van der Waals surface area contributed by atoms with Gasteiger partial charge < -0.3 is 9.84 Å². The summed E-state index contributed by atoms with van der Waals surface area (Å²) in [6.07, 6.45) is 5.93. The highest BCUT2D eigenvalue weighted by atomic mass is 19.1. The summed E-state index contributed by atoms with van der Waals surface area (Å²) < 4.78 is 21.0. The van der Waals surface area contributed by atoms with Crippen molar-refractivity contribution in [1.82, 2.24) is 14.8 Å². The van der Waals surface area contributed by atoms with Gasteiger partial charge in [-0.25, -0.2) is 14.2 Å². The first-order chi connectivity index (χ1) is 13.1. The average molecular weight is 367 g/mol. The molecule has 1 aromatic carbocycles. The van der Waals surface area contributed by atoms with Crippen molar-refractivity contribution in [3.05, 3.63) is 71.8 Å². The lowest BCUT2D eigenvalue weighted by molar-refractivity contribution is 0.0696. The number of aromatic carboxylic acids is 1. The van der Waals surface area contributed by atoms with E-state index in [-0.39, 0.29) is 17.5 Å². The molecule has 27 heavy (non-hydrogen) atoms. The smallest absolute Gasteiger partial charge is 0.335 e. The summed E-state index contributed by atoms with van der Waals surface area (Å²) in [6, 6.07) is 10.9. The highest BCUT2D eigenvalue weighted by Gasteiger charge is 2.28. The molecule has 0 aliphatic heterocycles. The van der Waals surface area contributed by atoms with Gasteiger partial charge in [-0.15, -0.1) is 0 Å². The molecule has 1 aliphatic rings. The van der Waals surface area contributed by atoms with Crippen LogP contribution < -0.4 is 4.74 Å². The van der Waals surface area contributed by atoms with Crippen LogP contribution in [0, 0.1) is 11.7 Å². The highest BCUT2D eigenvalue weighted by Crippen LogP contribution is 2.39. The number of carbonyl (C=O) groups is 1. The number of hydrogen-bond acceptors (Lipinski definition) is 4. The Morgan fingerprint density at radius 1 is 1.22 bits per heavy atom. The van der Waals surface area contributed by atoms with Crippen molar-refractivity contribution in [3.63, 3.8) is 0 Å². The van der Waals surface area contributed by atoms with E-state index in [1.807, 2.05) is 0 Å². The molecular formula is C20H18FN3O3. The Hall–Kier alpha value is -3.22. The number of ether oxygens (including phenoxy) is 1. The molecule has 0 unspecified atom stereocenters. The lowest BCUT2D eigenvalue weighted by Gasteiger charge is -2.20. The zero-order valence-corrected chi connectivity index (χ0v) is 14.5. The third-order valence-electron chi connectivity index (χ3n) is 4.57. The predicted octanol–water partition coefficient (Wildman–Crippen LogP) is 4.02. The van der Waals surface area contributed by atoms with Crippen LogP contribution in [-0.4, -0.2) is 25.8 Å². The van der Waals surface area contributed by atoms with E-state index in [2.05, 4.69) is 10.1 Å². The van der Waals surface area contributed by atoms with Crippen LogP contribution in [-0.2, 0) is 0 Å². The topological polar surface area (TPSA) is 77.2 Å². The number of aromatic nitrogens is 3. The van der Waals surface area contributed by atoms with Gasteiger partial charge in [0.1, 0.15) is 11.9 Å². The number of rotatable bonds is 7. The normalized spacial score (nSPS) is 14.7. The molecule has 0 spiro atoms. The van der Waals surface area contributed by atoms with E-state index in [9.17, 15) is 14.3 Å². The minimum absolute atomic E-state index is 0.120. The van der Waals surface area contributed by atoms with Gasteiger partial charge in [0.2, 0.25) is 5.88 Å². The van der Waals surface area contributed by atoms with Crippen molar-refractivity contribution >= 4 is 5.97 Å². The predicted molar refractivity (Wildman–Crippen MR) is 95.4 cm³/mol. The molecule has 0 bridgehead atoms. The fourth-order valence-corrected chi connectivity index (χ4v) is 2.95. The number of carboxylic acids is 1. The maximum absolute atomic E-state index is 13.3. The molecule has 3 aromatic rings. The summed E-state index contributed by atoms with van der Waals surface area (Å²) in [6.45, 7) is 0. The molecule has 0 radical (unpaired) electrons. The van der Waals surface area contributed by atoms with Crippen molar-refractivity contribution in [3.8, 4) is 11.7 Å². The van der Waals surface area contributed by atoms with Gasteiger partial charge >= 0.3 is 5.97 Å². The molecule has 2 aromatic heterocycles. The molecule has 6 nitrogen and oxygen atoms in total. The summed E-state index contributed by atoms with van der Waals surface area (Å²) >= 11 is 0. The van der Waals surface area contributed by atoms with Gasteiger partial charge in [-0.3, -0.25) is 0 Å². The van der Waals surface area contributed by atoms with E-state index in [0.29, 0.717) is 17.6 Å². The molecule has 1 fully saturated rings. The molecular weight excluding hydrogens is 349 g/mol. The van der Waals surface area contributed by atoms with Crippen molar-refractivity contribution in [2.45, 2.75) is 25.4 Å². The SMILES string of the molecule is O=C(O)c1ccnc(-n2nccc2O[C@H](CC2CC2)c2ccc(F)cc2)c1. The fraction of sp³-hybridized carbons (Fsp3) is 0.250. The van der Waals surface area contributed by atoms with E-state index < -0.39 is 5.97 Å². The van der Waals surface area contributed by atoms with E-state index >= 15 is 0 Å². The maximum atomic E-state index is 13.3. The molecule has 0 amide bonds. The number of pyridine rings is 1. The summed E-state index contributed by atoms with van der Waals surface area (Å²) in [5.74, 6) is 0.0962.